The van der Waals surface area contributed by atoms with Crippen LogP contribution in [0.1, 0.15) is 31.1 Å². The molecule has 1 atom stereocenters. The van der Waals surface area contributed by atoms with Crippen LogP contribution in [0.25, 0.3) is 0 Å². The molecule has 0 radical (unpaired) electrons. The molecule has 96 valence electrons. The Morgan fingerprint density at radius 3 is 2.94 bits per heavy atom. The second-order valence-corrected chi connectivity index (χ2v) is 6.48. The zero-order valence-electron chi connectivity index (χ0n) is 10.4. The topological polar surface area (TPSA) is 15.3 Å². The van der Waals surface area contributed by atoms with Crippen LogP contribution in [-0.4, -0.2) is 30.6 Å². The summed E-state index contributed by atoms with van der Waals surface area (Å²) in [5, 5.41) is 3.61. The number of likely N-dealkylation sites (N-methyl/N-ethyl adjacent to an activating group) is 1. The Kier molecular flexibility index (Phi) is 5.29. The molecule has 1 unspecified atom stereocenters. The summed E-state index contributed by atoms with van der Waals surface area (Å²) in [4.78, 5) is 3.87. The molecule has 0 bridgehead atoms. The number of rotatable bonds is 5. The second-order valence-electron chi connectivity index (χ2n) is 4.68. The fourth-order valence-electron chi connectivity index (χ4n) is 2.35. The lowest BCUT2D eigenvalue weighted by Gasteiger charge is -2.29. The molecule has 2 rings (SSSR count). The van der Waals surface area contributed by atoms with E-state index in [1.807, 2.05) is 6.07 Å². The van der Waals surface area contributed by atoms with E-state index in [0.717, 1.165) is 24.0 Å². The van der Waals surface area contributed by atoms with Crippen LogP contribution in [-0.2, 0) is 6.54 Å². The van der Waals surface area contributed by atoms with E-state index in [0.29, 0.717) is 6.04 Å². The monoisotopic (exact) mass is 272 g/mol. The third-order valence-corrected chi connectivity index (χ3v) is 4.56. The van der Waals surface area contributed by atoms with Gasteiger partial charge in [-0.1, -0.05) is 24.9 Å². The van der Waals surface area contributed by atoms with Gasteiger partial charge in [-0.15, -0.1) is 11.3 Å². The van der Waals surface area contributed by atoms with Crippen LogP contribution < -0.4 is 5.32 Å². The molecule has 0 amide bonds. The fourth-order valence-corrected chi connectivity index (χ4v) is 3.48. The predicted octanol–water partition coefficient (Wildman–Crippen LogP) is 3.37. The summed E-state index contributed by atoms with van der Waals surface area (Å²) in [5.74, 6) is 0. The number of nitrogens with zero attached hydrogens (tertiary/aromatic N) is 1. The van der Waals surface area contributed by atoms with E-state index >= 15 is 0 Å². The molecule has 0 spiro atoms. The van der Waals surface area contributed by atoms with Gasteiger partial charge < -0.3 is 5.32 Å². The first kappa shape index (κ1) is 13.3. The molecule has 0 saturated carbocycles. The third-order valence-electron chi connectivity index (χ3n) is 3.35. The molecule has 1 aromatic heterocycles. The molecule has 1 aliphatic rings. The van der Waals surface area contributed by atoms with E-state index in [4.69, 9.17) is 11.6 Å². The van der Waals surface area contributed by atoms with Crippen LogP contribution in [0.3, 0.4) is 0 Å². The summed E-state index contributed by atoms with van der Waals surface area (Å²) < 4.78 is 0.895. The Balaban J connectivity index is 1.83. The van der Waals surface area contributed by atoms with Gasteiger partial charge in [0, 0.05) is 24.0 Å². The highest BCUT2D eigenvalue weighted by Gasteiger charge is 2.16. The molecule has 2 heterocycles. The number of thiophene rings is 1. The van der Waals surface area contributed by atoms with E-state index in [1.54, 1.807) is 11.3 Å². The Morgan fingerprint density at radius 1 is 1.47 bits per heavy atom. The van der Waals surface area contributed by atoms with E-state index in [9.17, 15) is 0 Å². The van der Waals surface area contributed by atoms with Crippen molar-refractivity contribution in [3.8, 4) is 0 Å². The molecule has 1 aromatic rings. The molecule has 1 N–H and O–H groups in total. The van der Waals surface area contributed by atoms with E-state index in [2.05, 4.69) is 23.2 Å². The molecular formula is C13H21ClN2S. The van der Waals surface area contributed by atoms with E-state index in [1.165, 1.54) is 30.7 Å². The standard InChI is InChI=1S/C13H21ClN2S/c1-2-16(9-11-5-3-4-8-15-11)10-12-6-7-13(14)17-12/h6-7,11,15H,2-5,8-10H2,1H3. The minimum absolute atomic E-state index is 0.680. The molecule has 1 aliphatic heterocycles. The summed E-state index contributed by atoms with van der Waals surface area (Å²) in [7, 11) is 0. The van der Waals surface area contributed by atoms with Crippen molar-refractivity contribution >= 4 is 22.9 Å². The van der Waals surface area contributed by atoms with Crippen LogP contribution in [0.2, 0.25) is 4.34 Å². The molecule has 2 nitrogen and oxygen atoms in total. The first-order chi connectivity index (χ1) is 8.28. The molecule has 1 fully saturated rings. The average Bonchev–Trinajstić information content (AvgIpc) is 2.75. The van der Waals surface area contributed by atoms with Crippen LogP contribution in [0.4, 0.5) is 0 Å². The second kappa shape index (κ2) is 6.74. The first-order valence-corrected chi connectivity index (χ1v) is 7.67. The average molecular weight is 273 g/mol. The number of hydrogen-bond acceptors (Lipinski definition) is 3. The number of hydrogen-bond donors (Lipinski definition) is 1. The van der Waals surface area contributed by atoms with Crippen molar-refractivity contribution in [2.75, 3.05) is 19.6 Å². The van der Waals surface area contributed by atoms with Crippen molar-refractivity contribution in [2.24, 2.45) is 0 Å². The zero-order valence-corrected chi connectivity index (χ0v) is 12.0. The highest BCUT2D eigenvalue weighted by molar-refractivity contribution is 7.16. The molecule has 0 aromatic carbocycles. The minimum atomic E-state index is 0.680. The predicted molar refractivity (Wildman–Crippen MR) is 75.9 cm³/mol. The van der Waals surface area contributed by atoms with Gasteiger partial charge in [-0.3, -0.25) is 4.90 Å². The van der Waals surface area contributed by atoms with Gasteiger partial charge in [0.2, 0.25) is 0 Å². The van der Waals surface area contributed by atoms with Gasteiger partial charge in [-0.05, 0) is 38.1 Å². The lowest BCUT2D eigenvalue weighted by Crippen LogP contribution is -2.43. The summed E-state index contributed by atoms with van der Waals surface area (Å²) >= 11 is 7.66. The van der Waals surface area contributed by atoms with Crippen molar-refractivity contribution in [1.82, 2.24) is 10.2 Å². The first-order valence-electron chi connectivity index (χ1n) is 6.48. The number of nitrogens with one attached hydrogen (secondary N) is 1. The van der Waals surface area contributed by atoms with Gasteiger partial charge >= 0.3 is 0 Å². The SMILES string of the molecule is CCN(Cc1ccc(Cl)s1)CC1CCCCN1. The van der Waals surface area contributed by atoms with Gasteiger partial charge in [0.25, 0.3) is 0 Å². The highest BCUT2D eigenvalue weighted by Crippen LogP contribution is 2.23. The van der Waals surface area contributed by atoms with E-state index in [-0.39, 0.29) is 0 Å². The molecule has 4 heteroatoms. The lowest BCUT2D eigenvalue weighted by molar-refractivity contribution is 0.228. The Labute approximate surface area is 113 Å². The maximum absolute atomic E-state index is 5.97. The molecule has 1 saturated heterocycles. The van der Waals surface area contributed by atoms with Crippen LogP contribution in [0.5, 0.6) is 0 Å². The van der Waals surface area contributed by atoms with Gasteiger partial charge in [-0.25, -0.2) is 0 Å². The largest absolute Gasteiger partial charge is 0.313 e. The quantitative estimate of drug-likeness (QED) is 0.884. The smallest absolute Gasteiger partial charge is 0.0931 e. The third kappa shape index (κ3) is 4.25. The van der Waals surface area contributed by atoms with Gasteiger partial charge in [0.05, 0.1) is 4.34 Å². The lowest BCUT2D eigenvalue weighted by atomic mass is 10.0. The molecular weight excluding hydrogens is 252 g/mol. The Morgan fingerprint density at radius 2 is 2.35 bits per heavy atom. The minimum Gasteiger partial charge on any atom is -0.313 e. The fraction of sp³-hybridized carbons (Fsp3) is 0.692. The summed E-state index contributed by atoms with van der Waals surface area (Å²) in [5.41, 5.74) is 0. The van der Waals surface area contributed by atoms with Crippen LogP contribution in [0.15, 0.2) is 12.1 Å². The van der Waals surface area contributed by atoms with Gasteiger partial charge in [-0.2, -0.15) is 0 Å². The Hall–Kier alpha value is -0.0900. The molecule has 0 aliphatic carbocycles. The van der Waals surface area contributed by atoms with Gasteiger partial charge in [0.1, 0.15) is 0 Å². The van der Waals surface area contributed by atoms with Crippen molar-refractivity contribution in [3.05, 3.63) is 21.3 Å². The number of halogens is 1. The Bertz CT molecular complexity index is 334. The molecule has 17 heavy (non-hydrogen) atoms. The zero-order chi connectivity index (χ0) is 12.1. The maximum Gasteiger partial charge on any atom is 0.0931 e. The maximum atomic E-state index is 5.97. The number of piperidine rings is 1. The van der Waals surface area contributed by atoms with Crippen molar-refractivity contribution < 1.29 is 0 Å². The van der Waals surface area contributed by atoms with Crippen molar-refractivity contribution in [2.45, 2.75) is 38.8 Å². The normalized spacial score (nSPS) is 21.0. The summed E-state index contributed by atoms with van der Waals surface area (Å²) in [6.07, 6.45) is 4.03. The van der Waals surface area contributed by atoms with Crippen LogP contribution >= 0.6 is 22.9 Å². The van der Waals surface area contributed by atoms with Crippen molar-refractivity contribution in [1.29, 1.82) is 0 Å². The summed E-state index contributed by atoms with van der Waals surface area (Å²) in [6.45, 7) is 6.72. The van der Waals surface area contributed by atoms with Crippen LogP contribution in [0, 0.1) is 0 Å². The highest BCUT2D eigenvalue weighted by atomic mass is 35.5. The van der Waals surface area contributed by atoms with Crippen molar-refractivity contribution in [3.63, 3.8) is 0 Å². The summed E-state index contributed by atoms with van der Waals surface area (Å²) in [6, 6.07) is 4.82. The van der Waals surface area contributed by atoms with Gasteiger partial charge in [0.15, 0.2) is 0 Å². The van der Waals surface area contributed by atoms with E-state index < -0.39 is 0 Å².